The summed E-state index contributed by atoms with van der Waals surface area (Å²) in [6, 6.07) is 2.06. The fraction of sp³-hybridized carbons (Fsp3) is 0.667. The number of aromatic nitrogens is 2. The number of amides is 1. The molecule has 5 nitrogen and oxygen atoms in total. The molecule has 5 heteroatoms. The molecule has 17 heavy (non-hydrogen) atoms. The maximum Gasteiger partial charge on any atom is 0.237 e. The van der Waals surface area contributed by atoms with Gasteiger partial charge in [-0.05, 0) is 33.3 Å². The Morgan fingerprint density at radius 2 is 2.18 bits per heavy atom. The lowest BCUT2D eigenvalue weighted by molar-refractivity contribution is -0.123. The van der Waals surface area contributed by atoms with Crippen LogP contribution in [0.4, 0.5) is 0 Å². The number of primary amides is 1. The Bertz CT molecular complexity index is 395. The van der Waals surface area contributed by atoms with Gasteiger partial charge >= 0.3 is 0 Å². The Balaban J connectivity index is 2.75. The molecule has 0 aromatic carbocycles. The monoisotopic (exact) mass is 238 g/mol. The first-order valence-electron chi connectivity index (χ1n) is 6.01. The van der Waals surface area contributed by atoms with Crippen LogP contribution < -0.4 is 11.1 Å². The molecule has 0 aliphatic heterocycles. The third kappa shape index (κ3) is 3.30. The van der Waals surface area contributed by atoms with Crippen LogP contribution in [0.15, 0.2) is 6.07 Å². The van der Waals surface area contributed by atoms with Crippen molar-refractivity contribution in [1.29, 1.82) is 0 Å². The first-order valence-corrected chi connectivity index (χ1v) is 6.01. The number of nitrogens with two attached hydrogens (primary N) is 1. The normalized spacial score (nSPS) is 11.8. The molecule has 0 bridgehead atoms. The predicted molar refractivity (Wildman–Crippen MR) is 67.4 cm³/mol. The number of rotatable bonds is 6. The molecule has 0 unspecified atom stereocenters. The van der Waals surface area contributed by atoms with Crippen molar-refractivity contribution in [2.45, 2.75) is 52.7 Å². The van der Waals surface area contributed by atoms with Gasteiger partial charge in [0.05, 0.1) is 16.9 Å². The summed E-state index contributed by atoms with van der Waals surface area (Å²) in [5, 5.41) is 7.60. The van der Waals surface area contributed by atoms with Gasteiger partial charge in [0.25, 0.3) is 0 Å². The standard InChI is InChI=1S/C12H22N4O/c1-5-9-7-10(16(6-2)15-9)8-14-12(3,4)11(13)17/h7,14H,5-6,8H2,1-4H3,(H2,13,17). The summed E-state index contributed by atoms with van der Waals surface area (Å²) in [7, 11) is 0. The van der Waals surface area contributed by atoms with Gasteiger partial charge in [-0.1, -0.05) is 6.92 Å². The maximum atomic E-state index is 11.2. The molecule has 0 aliphatic carbocycles. The SMILES string of the molecule is CCc1cc(CNC(C)(C)C(N)=O)n(CC)n1. The molecule has 96 valence electrons. The van der Waals surface area contributed by atoms with Gasteiger partial charge in [-0.2, -0.15) is 5.10 Å². The van der Waals surface area contributed by atoms with Gasteiger partial charge in [-0.25, -0.2) is 0 Å². The highest BCUT2D eigenvalue weighted by Crippen LogP contribution is 2.08. The summed E-state index contributed by atoms with van der Waals surface area (Å²) in [4.78, 5) is 11.2. The number of carbonyl (C=O) groups excluding carboxylic acids is 1. The Morgan fingerprint density at radius 3 is 2.65 bits per heavy atom. The van der Waals surface area contributed by atoms with Crippen LogP contribution in [-0.4, -0.2) is 21.2 Å². The summed E-state index contributed by atoms with van der Waals surface area (Å²) >= 11 is 0. The molecule has 0 fully saturated rings. The van der Waals surface area contributed by atoms with Crippen LogP contribution in [0.25, 0.3) is 0 Å². The zero-order valence-electron chi connectivity index (χ0n) is 11.1. The molecule has 1 aromatic rings. The Kier molecular flexibility index (Phi) is 4.28. The number of carbonyl (C=O) groups is 1. The predicted octanol–water partition coefficient (Wildman–Crippen LogP) is 0.819. The van der Waals surface area contributed by atoms with E-state index in [0.717, 1.165) is 24.4 Å². The molecule has 1 heterocycles. The van der Waals surface area contributed by atoms with Crippen molar-refractivity contribution < 1.29 is 4.79 Å². The summed E-state index contributed by atoms with van der Waals surface area (Å²) in [5.41, 5.74) is 6.77. The van der Waals surface area contributed by atoms with Crippen molar-refractivity contribution in [1.82, 2.24) is 15.1 Å². The van der Waals surface area contributed by atoms with E-state index in [0.29, 0.717) is 6.54 Å². The molecule has 0 spiro atoms. The highest BCUT2D eigenvalue weighted by atomic mass is 16.1. The van der Waals surface area contributed by atoms with E-state index in [1.807, 2.05) is 4.68 Å². The first-order chi connectivity index (χ1) is 7.90. The van der Waals surface area contributed by atoms with Crippen LogP contribution in [0, 0.1) is 0 Å². The largest absolute Gasteiger partial charge is 0.368 e. The number of nitrogens with one attached hydrogen (secondary N) is 1. The van der Waals surface area contributed by atoms with E-state index >= 15 is 0 Å². The third-order valence-corrected chi connectivity index (χ3v) is 2.90. The van der Waals surface area contributed by atoms with E-state index in [1.54, 1.807) is 13.8 Å². The molecular weight excluding hydrogens is 216 g/mol. The number of hydrogen-bond acceptors (Lipinski definition) is 3. The van der Waals surface area contributed by atoms with E-state index in [1.165, 1.54) is 0 Å². The second kappa shape index (κ2) is 5.31. The van der Waals surface area contributed by atoms with Crippen LogP contribution in [0.3, 0.4) is 0 Å². The zero-order chi connectivity index (χ0) is 13.1. The number of nitrogens with zero attached hydrogens (tertiary/aromatic N) is 2. The molecule has 3 N–H and O–H groups in total. The maximum absolute atomic E-state index is 11.2. The summed E-state index contributed by atoms with van der Waals surface area (Å²) in [6.07, 6.45) is 0.916. The van der Waals surface area contributed by atoms with Gasteiger partial charge in [0.15, 0.2) is 0 Å². The molecule has 0 radical (unpaired) electrons. The molecule has 1 rings (SSSR count). The van der Waals surface area contributed by atoms with Crippen molar-refractivity contribution in [3.05, 3.63) is 17.5 Å². The van der Waals surface area contributed by atoms with Crippen molar-refractivity contribution in [2.24, 2.45) is 5.73 Å². The van der Waals surface area contributed by atoms with Gasteiger partial charge < -0.3 is 5.73 Å². The van der Waals surface area contributed by atoms with Crippen molar-refractivity contribution in [2.75, 3.05) is 0 Å². The van der Waals surface area contributed by atoms with Crippen molar-refractivity contribution in [3.63, 3.8) is 0 Å². The molecule has 0 aliphatic rings. The van der Waals surface area contributed by atoms with Gasteiger partial charge in [-0.15, -0.1) is 0 Å². The lowest BCUT2D eigenvalue weighted by Crippen LogP contribution is -2.50. The highest BCUT2D eigenvalue weighted by Gasteiger charge is 2.24. The molecule has 0 saturated heterocycles. The highest BCUT2D eigenvalue weighted by molar-refractivity contribution is 5.83. The van der Waals surface area contributed by atoms with Crippen LogP contribution in [0.5, 0.6) is 0 Å². The topological polar surface area (TPSA) is 72.9 Å². The summed E-state index contributed by atoms with van der Waals surface area (Å²) in [6.45, 7) is 9.11. The summed E-state index contributed by atoms with van der Waals surface area (Å²) < 4.78 is 1.95. The smallest absolute Gasteiger partial charge is 0.237 e. The van der Waals surface area contributed by atoms with E-state index in [2.05, 4.69) is 30.3 Å². The van der Waals surface area contributed by atoms with Gasteiger partial charge in [0, 0.05) is 13.1 Å². The molecule has 1 aromatic heterocycles. The zero-order valence-corrected chi connectivity index (χ0v) is 11.1. The van der Waals surface area contributed by atoms with Crippen LogP contribution in [-0.2, 0) is 24.3 Å². The van der Waals surface area contributed by atoms with Crippen molar-refractivity contribution in [3.8, 4) is 0 Å². The van der Waals surface area contributed by atoms with Crippen LogP contribution in [0.1, 0.15) is 39.1 Å². The summed E-state index contributed by atoms with van der Waals surface area (Å²) in [5.74, 6) is -0.351. The van der Waals surface area contributed by atoms with E-state index in [9.17, 15) is 4.79 Å². The Labute approximate surface area is 102 Å². The molecule has 0 saturated carbocycles. The van der Waals surface area contributed by atoms with Gasteiger partial charge in [0.2, 0.25) is 5.91 Å². The van der Waals surface area contributed by atoms with Crippen molar-refractivity contribution >= 4 is 5.91 Å². The molecular formula is C12H22N4O. The first kappa shape index (κ1) is 13.7. The van der Waals surface area contributed by atoms with E-state index in [-0.39, 0.29) is 5.91 Å². The third-order valence-electron chi connectivity index (χ3n) is 2.90. The van der Waals surface area contributed by atoms with Crippen LogP contribution >= 0.6 is 0 Å². The number of aryl methyl sites for hydroxylation is 2. The second-order valence-corrected chi connectivity index (χ2v) is 4.64. The minimum atomic E-state index is -0.699. The second-order valence-electron chi connectivity index (χ2n) is 4.64. The Hall–Kier alpha value is -1.36. The molecule has 0 atom stereocenters. The van der Waals surface area contributed by atoms with E-state index in [4.69, 9.17) is 5.73 Å². The van der Waals surface area contributed by atoms with E-state index < -0.39 is 5.54 Å². The number of hydrogen-bond donors (Lipinski definition) is 2. The fourth-order valence-electron chi connectivity index (χ4n) is 1.50. The van der Waals surface area contributed by atoms with Crippen LogP contribution in [0.2, 0.25) is 0 Å². The Morgan fingerprint density at radius 1 is 1.53 bits per heavy atom. The van der Waals surface area contributed by atoms with Gasteiger partial charge in [-0.3, -0.25) is 14.8 Å². The fourth-order valence-corrected chi connectivity index (χ4v) is 1.50. The minimum Gasteiger partial charge on any atom is -0.368 e. The average molecular weight is 238 g/mol. The van der Waals surface area contributed by atoms with Gasteiger partial charge in [0.1, 0.15) is 0 Å². The molecule has 1 amide bonds. The lowest BCUT2D eigenvalue weighted by atomic mass is 10.1. The average Bonchev–Trinajstić information content (AvgIpc) is 2.68. The lowest BCUT2D eigenvalue weighted by Gasteiger charge is -2.22. The minimum absolute atomic E-state index is 0.351. The quantitative estimate of drug-likeness (QED) is 0.770.